The smallest absolute Gasteiger partial charge is 0.326 e. The Labute approximate surface area is 146 Å². The molecule has 23 heavy (non-hydrogen) atoms. The molecule has 0 aliphatic rings. The summed E-state index contributed by atoms with van der Waals surface area (Å²) < 4.78 is 0. The molecule has 4 N–H and O–H groups in total. The van der Waals surface area contributed by atoms with Gasteiger partial charge >= 0.3 is 5.97 Å². The van der Waals surface area contributed by atoms with E-state index in [1.54, 1.807) is 0 Å². The van der Waals surface area contributed by atoms with Crippen molar-refractivity contribution in [2.45, 2.75) is 83.1 Å². The lowest BCUT2D eigenvalue weighted by molar-refractivity contribution is -0.141. The van der Waals surface area contributed by atoms with E-state index in [9.17, 15) is 9.59 Å². The summed E-state index contributed by atoms with van der Waals surface area (Å²) in [5.74, 6) is -0.707. The number of unbranched alkanes of at least 4 members (excludes halogenated alkanes) is 9. The fourth-order valence-corrected chi connectivity index (χ4v) is 2.76. The lowest BCUT2D eigenvalue weighted by Crippen LogP contribution is -2.40. The lowest BCUT2D eigenvalue weighted by Gasteiger charge is -2.13. The third kappa shape index (κ3) is 14.6. The van der Waals surface area contributed by atoms with Crippen molar-refractivity contribution in [2.24, 2.45) is 5.73 Å². The maximum absolute atomic E-state index is 11.7. The van der Waals surface area contributed by atoms with Crippen LogP contribution >= 0.6 is 12.6 Å². The maximum atomic E-state index is 11.7. The zero-order chi connectivity index (χ0) is 17.3. The zero-order valence-corrected chi connectivity index (χ0v) is 15.2. The average molecular weight is 347 g/mol. The lowest BCUT2D eigenvalue weighted by atomic mass is 10.1. The number of carbonyl (C=O) groups is 2. The van der Waals surface area contributed by atoms with Gasteiger partial charge in [-0.15, -0.1) is 0 Å². The molecule has 0 saturated carbocycles. The highest BCUT2D eigenvalue weighted by Gasteiger charge is 2.18. The molecule has 6 heteroatoms. The van der Waals surface area contributed by atoms with Gasteiger partial charge in [-0.3, -0.25) is 4.79 Å². The third-order valence-corrected chi connectivity index (χ3v) is 4.17. The Kier molecular flexibility index (Phi) is 15.6. The van der Waals surface area contributed by atoms with Crippen LogP contribution in [-0.4, -0.2) is 35.3 Å². The van der Waals surface area contributed by atoms with Gasteiger partial charge in [0.05, 0.1) is 0 Å². The summed E-state index contributed by atoms with van der Waals surface area (Å²) in [6, 6.07) is -0.806. The van der Waals surface area contributed by atoms with Crippen molar-refractivity contribution in [1.29, 1.82) is 0 Å². The predicted molar refractivity (Wildman–Crippen MR) is 97.9 cm³/mol. The van der Waals surface area contributed by atoms with Crippen molar-refractivity contribution < 1.29 is 14.7 Å². The molecule has 0 bridgehead atoms. The first kappa shape index (κ1) is 22.2. The van der Waals surface area contributed by atoms with E-state index in [1.165, 1.54) is 38.5 Å². The number of carboxylic acid groups (broad SMARTS) is 1. The van der Waals surface area contributed by atoms with Crippen LogP contribution in [0.15, 0.2) is 0 Å². The number of amides is 1. The summed E-state index contributed by atoms with van der Waals surface area (Å²) in [5.41, 5.74) is 5.45. The van der Waals surface area contributed by atoms with E-state index >= 15 is 0 Å². The van der Waals surface area contributed by atoms with Crippen LogP contribution in [0.25, 0.3) is 0 Å². The Morgan fingerprint density at radius 2 is 1.39 bits per heavy atom. The van der Waals surface area contributed by atoms with E-state index in [2.05, 4.69) is 17.9 Å². The molecule has 5 nitrogen and oxygen atoms in total. The number of carboxylic acids is 1. The summed E-state index contributed by atoms with van der Waals surface area (Å²) in [6.45, 7) is 0.801. The minimum Gasteiger partial charge on any atom is -0.480 e. The largest absolute Gasteiger partial charge is 0.480 e. The van der Waals surface area contributed by atoms with Crippen molar-refractivity contribution >= 4 is 24.5 Å². The number of hydrogen-bond acceptors (Lipinski definition) is 4. The van der Waals surface area contributed by atoms with E-state index in [0.717, 1.165) is 32.2 Å². The van der Waals surface area contributed by atoms with E-state index in [0.29, 0.717) is 18.6 Å². The molecule has 0 saturated heterocycles. The van der Waals surface area contributed by atoms with Crippen molar-refractivity contribution in [2.75, 3.05) is 12.3 Å². The van der Waals surface area contributed by atoms with Gasteiger partial charge in [0.25, 0.3) is 0 Å². The SMILES string of the molecule is NCCCCCCCCCCCCC(=O)NC(CCS)C(=O)O. The first-order valence-corrected chi connectivity index (χ1v) is 9.58. The van der Waals surface area contributed by atoms with Crippen LogP contribution in [0.2, 0.25) is 0 Å². The molecule has 0 aromatic heterocycles. The second kappa shape index (κ2) is 16.1. The molecular weight excluding hydrogens is 312 g/mol. The molecule has 0 rings (SSSR count). The van der Waals surface area contributed by atoms with Gasteiger partial charge in [0.1, 0.15) is 6.04 Å². The molecule has 0 heterocycles. The van der Waals surface area contributed by atoms with Crippen LogP contribution in [0.3, 0.4) is 0 Å². The summed E-state index contributed by atoms with van der Waals surface area (Å²) in [7, 11) is 0. The van der Waals surface area contributed by atoms with Crippen LogP contribution in [-0.2, 0) is 9.59 Å². The van der Waals surface area contributed by atoms with E-state index < -0.39 is 12.0 Å². The van der Waals surface area contributed by atoms with Crippen molar-refractivity contribution in [3.05, 3.63) is 0 Å². The Morgan fingerprint density at radius 1 is 0.913 bits per heavy atom. The molecule has 1 atom stereocenters. The second-order valence-corrected chi connectivity index (χ2v) is 6.49. The molecule has 0 aromatic carbocycles. The van der Waals surface area contributed by atoms with Crippen LogP contribution in [0, 0.1) is 0 Å². The Morgan fingerprint density at radius 3 is 1.83 bits per heavy atom. The monoisotopic (exact) mass is 346 g/mol. The van der Waals surface area contributed by atoms with Crippen LogP contribution in [0.1, 0.15) is 77.0 Å². The normalized spacial score (nSPS) is 12.1. The molecule has 0 aliphatic carbocycles. The Bertz CT molecular complexity index is 314. The molecule has 0 fully saturated rings. The number of nitrogens with two attached hydrogens (primary N) is 1. The minimum atomic E-state index is -0.987. The van der Waals surface area contributed by atoms with Gasteiger partial charge < -0.3 is 16.2 Å². The fourth-order valence-electron chi connectivity index (χ4n) is 2.50. The summed E-state index contributed by atoms with van der Waals surface area (Å²) in [5, 5.41) is 11.5. The number of carbonyl (C=O) groups excluding carboxylic acids is 1. The van der Waals surface area contributed by atoms with Gasteiger partial charge in [0.2, 0.25) is 5.91 Å². The molecule has 0 radical (unpaired) electrons. The molecule has 0 aliphatic heterocycles. The highest BCUT2D eigenvalue weighted by molar-refractivity contribution is 7.80. The molecular formula is C17H34N2O3S. The van der Waals surface area contributed by atoms with Gasteiger partial charge in [-0.05, 0) is 31.6 Å². The fraction of sp³-hybridized carbons (Fsp3) is 0.882. The second-order valence-electron chi connectivity index (χ2n) is 6.04. The highest BCUT2D eigenvalue weighted by Crippen LogP contribution is 2.11. The number of nitrogens with one attached hydrogen (secondary N) is 1. The van der Waals surface area contributed by atoms with Crippen LogP contribution in [0.4, 0.5) is 0 Å². The van der Waals surface area contributed by atoms with Gasteiger partial charge in [-0.25, -0.2) is 4.79 Å². The van der Waals surface area contributed by atoms with Crippen molar-refractivity contribution in [1.82, 2.24) is 5.32 Å². The van der Waals surface area contributed by atoms with Crippen LogP contribution < -0.4 is 11.1 Å². The molecule has 0 spiro atoms. The maximum Gasteiger partial charge on any atom is 0.326 e. The standard InChI is InChI=1S/C17H34N2O3S/c18-13-10-8-6-4-2-1-3-5-7-9-11-16(20)19-15(12-14-23)17(21)22/h15,23H,1-14,18H2,(H,19,20)(H,21,22). The van der Waals surface area contributed by atoms with E-state index in [4.69, 9.17) is 10.8 Å². The highest BCUT2D eigenvalue weighted by atomic mass is 32.1. The topological polar surface area (TPSA) is 92.4 Å². The summed E-state index contributed by atoms with van der Waals surface area (Å²) in [6.07, 6.45) is 12.5. The number of hydrogen-bond donors (Lipinski definition) is 4. The molecule has 136 valence electrons. The van der Waals surface area contributed by atoms with Gasteiger partial charge in [0.15, 0.2) is 0 Å². The van der Waals surface area contributed by atoms with Crippen LogP contribution in [0.5, 0.6) is 0 Å². The summed E-state index contributed by atoms with van der Waals surface area (Å²) in [4.78, 5) is 22.6. The van der Waals surface area contributed by atoms with Crippen molar-refractivity contribution in [3.8, 4) is 0 Å². The molecule has 1 amide bonds. The van der Waals surface area contributed by atoms with Gasteiger partial charge in [-0.2, -0.15) is 12.6 Å². The van der Waals surface area contributed by atoms with E-state index in [-0.39, 0.29) is 5.91 Å². The number of aliphatic carboxylic acids is 1. The molecule has 0 aromatic rings. The first-order valence-electron chi connectivity index (χ1n) is 8.95. The average Bonchev–Trinajstić information content (AvgIpc) is 2.52. The van der Waals surface area contributed by atoms with E-state index in [1.807, 2.05) is 0 Å². The summed E-state index contributed by atoms with van der Waals surface area (Å²) >= 11 is 4.01. The predicted octanol–water partition coefficient (Wildman–Crippen LogP) is 3.13. The number of thiol groups is 1. The van der Waals surface area contributed by atoms with Crippen molar-refractivity contribution in [3.63, 3.8) is 0 Å². The third-order valence-electron chi connectivity index (χ3n) is 3.91. The van der Waals surface area contributed by atoms with Gasteiger partial charge in [-0.1, -0.05) is 51.4 Å². The Hall–Kier alpha value is -0.750. The quantitative estimate of drug-likeness (QED) is 0.255. The number of rotatable bonds is 16. The van der Waals surface area contributed by atoms with Gasteiger partial charge in [0, 0.05) is 6.42 Å². The molecule has 1 unspecified atom stereocenters. The minimum absolute atomic E-state index is 0.168. The first-order chi connectivity index (χ1) is 11.1. The Balaban J connectivity index is 3.43. The zero-order valence-electron chi connectivity index (χ0n) is 14.3.